The number of halogens is 1. The molecule has 0 saturated heterocycles. The third-order valence-electron chi connectivity index (χ3n) is 5.59. The third-order valence-corrected chi connectivity index (χ3v) is 7.16. The van der Waals surface area contributed by atoms with E-state index in [1.807, 2.05) is 31.2 Å². The van der Waals surface area contributed by atoms with E-state index in [1.54, 1.807) is 11.8 Å². The molecule has 0 spiro atoms. The number of ketones is 1. The zero-order valence-electron chi connectivity index (χ0n) is 18.3. The highest BCUT2D eigenvalue weighted by molar-refractivity contribution is 9.10. The summed E-state index contributed by atoms with van der Waals surface area (Å²) in [6, 6.07) is 6.92. The number of aromatic nitrogens is 1. The minimum atomic E-state index is -0.629. The Hall–Kier alpha value is -2.03. The minimum Gasteiger partial charge on any atom is -0.503 e. The summed E-state index contributed by atoms with van der Waals surface area (Å²) in [6.45, 7) is 11.0. The van der Waals surface area contributed by atoms with Gasteiger partial charge in [-0.05, 0) is 57.6 Å². The van der Waals surface area contributed by atoms with Crippen molar-refractivity contribution in [2.75, 3.05) is 26.2 Å². The highest BCUT2D eigenvalue weighted by Crippen LogP contribution is 2.40. The summed E-state index contributed by atoms with van der Waals surface area (Å²) in [5, 5.41) is 11.6. The fraction of sp³-hybridized carbons (Fsp3) is 0.435. The highest BCUT2D eigenvalue weighted by atomic mass is 79.9. The molecule has 1 aliphatic heterocycles. The second-order valence-electron chi connectivity index (χ2n) is 7.58. The molecule has 166 valence electrons. The molecule has 1 aromatic carbocycles. The lowest BCUT2D eigenvalue weighted by Gasteiger charge is -2.28. The van der Waals surface area contributed by atoms with Crippen LogP contribution in [0.3, 0.4) is 0 Å². The van der Waals surface area contributed by atoms with E-state index in [4.69, 9.17) is 0 Å². The standard InChI is InChI=1S/C23H28BrN3O3S/c1-5-26(6-2)11-8-12-27-19(16-9-7-10-17(24)13-16)18(21(29)23(27)30)20(28)22-14(3)25-15(4)31-22/h7,9-10,13,19,29H,5-6,8,11-12H2,1-4H3/t19-/m1/s1. The summed E-state index contributed by atoms with van der Waals surface area (Å²) in [5.41, 5.74) is 1.54. The Morgan fingerprint density at radius 3 is 2.58 bits per heavy atom. The first-order valence-corrected chi connectivity index (χ1v) is 12.1. The van der Waals surface area contributed by atoms with Crippen LogP contribution in [0.5, 0.6) is 0 Å². The van der Waals surface area contributed by atoms with Crippen LogP contribution in [0.1, 0.15) is 52.2 Å². The summed E-state index contributed by atoms with van der Waals surface area (Å²) in [4.78, 5) is 35.3. The van der Waals surface area contributed by atoms with Crippen molar-refractivity contribution >= 4 is 39.0 Å². The van der Waals surface area contributed by atoms with Gasteiger partial charge in [-0.15, -0.1) is 11.3 Å². The van der Waals surface area contributed by atoms with E-state index in [2.05, 4.69) is 39.7 Å². The number of Topliss-reactive ketones (excluding diaryl/α,β-unsaturated/α-hetero) is 1. The Bertz CT molecular complexity index is 1010. The summed E-state index contributed by atoms with van der Waals surface area (Å²) in [7, 11) is 0. The van der Waals surface area contributed by atoms with Gasteiger partial charge in [-0.1, -0.05) is 41.9 Å². The van der Waals surface area contributed by atoms with Crippen LogP contribution in [0.2, 0.25) is 0 Å². The van der Waals surface area contributed by atoms with Crippen molar-refractivity contribution in [3.05, 3.63) is 61.2 Å². The van der Waals surface area contributed by atoms with E-state index in [1.165, 1.54) is 11.3 Å². The van der Waals surface area contributed by atoms with Gasteiger partial charge in [0.25, 0.3) is 5.91 Å². The Morgan fingerprint density at radius 2 is 2.00 bits per heavy atom. The average molecular weight is 506 g/mol. The minimum absolute atomic E-state index is 0.137. The molecule has 31 heavy (non-hydrogen) atoms. The molecule has 1 atom stereocenters. The van der Waals surface area contributed by atoms with E-state index in [0.717, 1.165) is 41.1 Å². The first kappa shape index (κ1) is 23.6. The molecule has 0 saturated carbocycles. The van der Waals surface area contributed by atoms with Gasteiger partial charge in [-0.2, -0.15) is 0 Å². The molecule has 0 unspecified atom stereocenters. The van der Waals surface area contributed by atoms with Gasteiger partial charge in [0.2, 0.25) is 5.78 Å². The number of aliphatic hydroxyl groups excluding tert-OH is 1. The molecule has 0 aliphatic carbocycles. The molecule has 2 aromatic rings. The maximum Gasteiger partial charge on any atom is 0.290 e. The molecule has 1 amide bonds. The van der Waals surface area contributed by atoms with Crippen LogP contribution in [0.15, 0.2) is 40.1 Å². The second-order valence-corrected chi connectivity index (χ2v) is 9.69. The van der Waals surface area contributed by atoms with E-state index >= 15 is 0 Å². The van der Waals surface area contributed by atoms with Crippen LogP contribution in [0.25, 0.3) is 0 Å². The third kappa shape index (κ3) is 4.91. The van der Waals surface area contributed by atoms with Gasteiger partial charge < -0.3 is 14.9 Å². The molecular weight excluding hydrogens is 478 g/mol. The van der Waals surface area contributed by atoms with Gasteiger partial charge in [0.05, 0.1) is 27.2 Å². The molecular formula is C23H28BrN3O3S. The molecule has 0 radical (unpaired) electrons. The Kier molecular flexibility index (Phi) is 7.67. The Balaban J connectivity index is 1.98. The second kappa shape index (κ2) is 10.1. The molecule has 0 fully saturated rings. The van der Waals surface area contributed by atoms with Gasteiger partial charge >= 0.3 is 0 Å². The molecule has 1 N–H and O–H groups in total. The number of aliphatic hydroxyl groups is 1. The number of amides is 1. The van der Waals surface area contributed by atoms with Crippen molar-refractivity contribution in [3.8, 4) is 0 Å². The fourth-order valence-corrected chi connectivity index (χ4v) is 5.30. The van der Waals surface area contributed by atoms with Crippen molar-refractivity contribution < 1.29 is 14.7 Å². The smallest absolute Gasteiger partial charge is 0.290 e. The lowest BCUT2D eigenvalue weighted by Crippen LogP contribution is -2.34. The molecule has 1 aromatic heterocycles. The number of benzene rings is 1. The number of hydrogen-bond acceptors (Lipinski definition) is 6. The Labute approximate surface area is 195 Å². The molecule has 1 aliphatic rings. The van der Waals surface area contributed by atoms with Gasteiger partial charge in [0.1, 0.15) is 0 Å². The normalized spacial score (nSPS) is 16.6. The van der Waals surface area contributed by atoms with E-state index in [-0.39, 0.29) is 11.4 Å². The Morgan fingerprint density at radius 1 is 1.29 bits per heavy atom. The van der Waals surface area contributed by atoms with Gasteiger partial charge in [-0.3, -0.25) is 9.59 Å². The first-order valence-electron chi connectivity index (χ1n) is 10.5. The van der Waals surface area contributed by atoms with Crippen LogP contribution in [-0.4, -0.2) is 57.8 Å². The zero-order chi connectivity index (χ0) is 22.7. The van der Waals surface area contributed by atoms with Gasteiger partial charge in [0, 0.05) is 11.0 Å². The molecule has 0 bridgehead atoms. The van der Waals surface area contributed by atoms with E-state index in [9.17, 15) is 14.7 Å². The molecule has 8 heteroatoms. The largest absolute Gasteiger partial charge is 0.503 e. The van der Waals surface area contributed by atoms with Crippen molar-refractivity contribution in [1.82, 2.24) is 14.8 Å². The van der Waals surface area contributed by atoms with Crippen LogP contribution < -0.4 is 0 Å². The van der Waals surface area contributed by atoms with Crippen molar-refractivity contribution in [3.63, 3.8) is 0 Å². The topological polar surface area (TPSA) is 73.7 Å². The average Bonchev–Trinajstić information content (AvgIpc) is 3.21. The monoisotopic (exact) mass is 505 g/mol. The van der Waals surface area contributed by atoms with E-state index < -0.39 is 17.7 Å². The zero-order valence-corrected chi connectivity index (χ0v) is 20.7. The number of thiazole rings is 1. The SMILES string of the molecule is CCN(CC)CCCN1C(=O)C(O)=C(C(=O)c2sc(C)nc2C)[C@H]1c1cccc(Br)c1. The van der Waals surface area contributed by atoms with E-state index in [0.29, 0.717) is 17.1 Å². The number of nitrogens with zero attached hydrogens (tertiary/aromatic N) is 3. The first-order chi connectivity index (χ1) is 14.8. The van der Waals surface area contributed by atoms with Crippen molar-refractivity contribution in [2.45, 2.75) is 40.2 Å². The van der Waals surface area contributed by atoms with Crippen LogP contribution in [-0.2, 0) is 4.79 Å². The quantitative estimate of drug-likeness (QED) is 0.493. The predicted octanol–water partition coefficient (Wildman–Crippen LogP) is 4.83. The van der Waals surface area contributed by atoms with Crippen LogP contribution in [0.4, 0.5) is 0 Å². The van der Waals surface area contributed by atoms with Gasteiger partial charge in [-0.25, -0.2) is 4.98 Å². The summed E-state index contributed by atoms with van der Waals surface area (Å²) in [6.07, 6.45) is 0.755. The van der Waals surface area contributed by atoms with Gasteiger partial charge in [0.15, 0.2) is 5.76 Å². The highest BCUT2D eigenvalue weighted by Gasteiger charge is 2.44. The summed E-state index contributed by atoms with van der Waals surface area (Å²) >= 11 is 4.78. The summed E-state index contributed by atoms with van der Waals surface area (Å²) in [5.74, 6) is -1.28. The number of carbonyl (C=O) groups excluding carboxylic acids is 2. The molecule has 6 nitrogen and oxygen atoms in total. The number of rotatable bonds is 9. The predicted molar refractivity (Wildman–Crippen MR) is 127 cm³/mol. The molecule has 3 rings (SSSR count). The van der Waals surface area contributed by atoms with Crippen molar-refractivity contribution in [2.24, 2.45) is 0 Å². The lowest BCUT2D eigenvalue weighted by atomic mass is 9.95. The summed E-state index contributed by atoms with van der Waals surface area (Å²) < 4.78 is 0.851. The maximum absolute atomic E-state index is 13.5. The van der Waals surface area contributed by atoms with Crippen molar-refractivity contribution in [1.29, 1.82) is 0 Å². The maximum atomic E-state index is 13.5. The lowest BCUT2D eigenvalue weighted by molar-refractivity contribution is -0.129. The number of aryl methyl sites for hydroxylation is 2. The number of hydrogen-bond donors (Lipinski definition) is 1. The fourth-order valence-electron chi connectivity index (χ4n) is 4.01. The van der Waals surface area contributed by atoms with Crippen LogP contribution >= 0.6 is 27.3 Å². The van der Waals surface area contributed by atoms with Crippen LogP contribution in [0, 0.1) is 13.8 Å². The number of carbonyl (C=O) groups is 2. The molecule has 2 heterocycles.